The van der Waals surface area contributed by atoms with Gasteiger partial charge in [-0.15, -0.1) is 5.10 Å². The summed E-state index contributed by atoms with van der Waals surface area (Å²) < 4.78 is 0. The minimum absolute atomic E-state index is 0.819. The van der Waals surface area contributed by atoms with Gasteiger partial charge in [-0.3, -0.25) is 5.43 Å². The second-order valence-electron chi connectivity index (χ2n) is 5.70. The lowest BCUT2D eigenvalue weighted by molar-refractivity contribution is 0.770. The van der Waals surface area contributed by atoms with E-state index < -0.39 is 0 Å². The molecule has 0 saturated carbocycles. The van der Waals surface area contributed by atoms with E-state index in [0.717, 1.165) is 22.8 Å². The first-order valence-electron chi connectivity index (χ1n) is 7.94. The van der Waals surface area contributed by atoms with E-state index in [1.54, 1.807) is 0 Å². The van der Waals surface area contributed by atoms with Crippen LogP contribution in [0.2, 0.25) is 0 Å². The standard InChI is InChI=1S/C20H18N4/c1-16-12-14-19(15-13-16)24-22-20(17-8-4-2-5-9-17)21-23(24)18-10-6-3-7-11-18/h2-15H,1H3,(H,21,22). The van der Waals surface area contributed by atoms with Crippen LogP contribution >= 0.6 is 0 Å². The van der Waals surface area contributed by atoms with Gasteiger partial charge in [0.2, 0.25) is 0 Å². The first kappa shape index (κ1) is 14.3. The van der Waals surface area contributed by atoms with E-state index in [2.05, 4.69) is 36.6 Å². The minimum Gasteiger partial charge on any atom is -0.259 e. The smallest absolute Gasteiger partial charge is 0.176 e. The molecule has 4 nitrogen and oxygen atoms in total. The quantitative estimate of drug-likeness (QED) is 0.789. The zero-order chi connectivity index (χ0) is 16.4. The average molecular weight is 314 g/mol. The molecule has 4 rings (SSSR count). The lowest BCUT2D eigenvalue weighted by Crippen LogP contribution is -2.44. The first-order chi connectivity index (χ1) is 11.8. The number of para-hydroxylation sites is 1. The Balaban J connectivity index is 1.74. The van der Waals surface area contributed by atoms with Gasteiger partial charge in [-0.2, -0.15) is 10.2 Å². The second-order valence-corrected chi connectivity index (χ2v) is 5.70. The highest BCUT2D eigenvalue weighted by Crippen LogP contribution is 2.25. The molecule has 0 unspecified atom stereocenters. The van der Waals surface area contributed by atoms with E-state index in [0.29, 0.717) is 0 Å². The number of nitrogens with one attached hydrogen (secondary N) is 1. The fourth-order valence-corrected chi connectivity index (χ4v) is 2.62. The normalized spacial score (nSPS) is 13.6. The van der Waals surface area contributed by atoms with E-state index >= 15 is 0 Å². The Morgan fingerprint density at radius 3 is 2.00 bits per heavy atom. The summed E-state index contributed by atoms with van der Waals surface area (Å²) in [6.07, 6.45) is 0. The van der Waals surface area contributed by atoms with Crippen molar-refractivity contribution in [2.45, 2.75) is 6.92 Å². The van der Waals surface area contributed by atoms with E-state index in [-0.39, 0.29) is 0 Å². The Labute approximate surface area is 141 Å². The van der Waals surface area contributed by atoms with Crippen LogP contribution in [0.4, 0.5) is 11.4 Å². The molecular weight excluding hydrogens is 296 g/mol. The van der Waals surface area contributed by atoms with Crippen molar-refractivity contribution in [3.05, 3.63) is 96.1 Å². The fourth-order valence-electron chi connectivity index (χ4n) is 2.62. The summed E-state index contributed by atoms with van der Waals surface area (Å²) in [6.45, 7) is 2.09. The number of benzene rings is 3. The van der Waals surface area contributed by atoms with Crippen LogP contribution in [0.1, 0.15) is 11.1 Å². The van der Waals surface area contributed by atoms with Gasteiger partial charge in [0.1, 0.15) is 0 Å². The molecule has 3 aromatic carbocycles. The molecule has 1 N–H and O–H groups in total. The third-order valence-corrected chi connectivity index (χ3v) is 3.91. The van der Waals surface area contributed by atoms with Crippen LogP contribution in [-0.4, -0.2) is 5.84 Å². The topological polar surface area (TPSA) is 30.9 Å². The van der Waals surface area contributed by atoms with E-state index in [1.807, 2.05) is 70.9 Å². The maximum atomic E-state index is 4.77. The molecule has 1 heterocycles. The predicted octanol–water partition coefficient (Wildman–Crippen LogP) is 4.10. The van der Waals surface area contributed by atoms with Crippen molar-refractivity contribution in [3.8, 4) is 0 Å². The van der Waals surface area contributed by atoms with Gasteiger partial charge in [0.25, 0.3) is 0 Å². The number of hydrogen-bond acceptors (Lipinski definition) is 4. The number of hydrazone groups is 1. The first-order valence-corrected chi connectivity index (χ1v) is 7.94. The van der Waals surface area contributed by atoms with Crippen LogP contribution in [0.25, 0.3) is 0 Å². The second kappa shape index (κ2) is 6.08. The Morgan fingerprint density at radius 2 is 1.33 bits per heavy atom. The molecule has 3 aromatic rings. The predicted molar refractivity (Wildman–Crippen MR) is 98.7 cm³/mol. The van der Waals surface area contributed by atoms with Gasteiger partial charge < -0.3 is 0 Å². The number of anilines is 2. The summed E-state index contributed by atoms with van der Waals surface area (Å²) in [5, 5.41) is 8.61. The van der Waals surface area contributed by atoms with Crippen molar-refractivity contribution in [2.24, 2.45) is 5.10 Å². The van der Waals surface area contributed by atoms with Crippen molar-refractivity contribution in [2.75, 3.05) is 10.2 Å². The van der Waals surface area contributed by atoms with Gasteiger partial charge in [0, 0.05) is 5.56 Å². The van der Waals surface area contributed by atoms with E-state index in [1.165, 1.54) is 5.56 Å². The van der Waals surface area contributed by atoms with Crippen LogP contribution in [-0.2, 0) is 0 Å². The Morgan fingerprint density at radius 1 is 0.708 bits per heavy atom. The minimum atomic E-state index is 0.819. The third-order valence-electron chi connectivity index (χ3n) is 3.91. The van der Waals surface area contributed by atoms with E-state index in [4.69, 9.17) is 5.10 Å². The molecule has 0 spiro atoms. The Hall–Kier alpha value is -3.27. The van der Waals surface area contributed by atoms with Gasteiger partial charge in [-0.1, -0.05) is 66.2 Å². The van der Waals surface area contributed by atoms with Crippen molar-refractivity contribution in [3.63, 3.8) is 0 Å². The van der Waals surface area contributed by atoms with Crippen molar-refractivity contribution in [1.82, 2.24) is 5.43 Å². The summed E-state index contributed by atoms with van der Waals surface area (Å²) in [6, 6.07) is 28.6. The zero-order valence-corrected chi connectivity index (χ0v) is 13.4. The maximum absolute atomic E-state index is 4.77. The molecule has 0 atom stereocenters. The summed E-state index contributed by atoms with van der Waals surface area (Å²) in [7, 11) is 0. The van der Waals surface area contributed by atoms with Crippen LogP contribution in [0.15, 0.2) is 90.0 Å². The number of amidine groups is 1. The fraction of sp³-hybridized carbons (Fsp3) is 0.0500. The molecule has 0 saturated heterocycles. The van der Waals surface area contributed by atoms with Crippen LogP contribution in [0.3, 0.4) is 0 Å². The Bertz CT molecular complexity index is 842. The third kappa shape index (κ3) is 2.70. The van der Waals surface area contributed by atoms with Crippen LogP contribution in [0.5, 0.6) is 0 Å². The highest BCUT2D eigenvalue weighted by molar-refractivity contribution is 6.02. The molecule has 0 radical (unpaired) electrons. The van der Waals surface area contributed by atoms with E-state index in [9.17, 15) is 0 Å². The van der Waals surface area contributed by atoms with Gasteiger partial charge in [-0.05, 0) is 31.2 Å². The number of hydrogen-bond donors (Lipinski definition) is 1. The number of nitrogens with zero attached hydrogens (tertiary/aromatic N) is 3. The highest BCUT2D eigenvalue weighted by Gasteiger charge is 2.25. The summed E-state index contributed by atoms with van der Waals surface area (Å²) in [4.78, 5) is 0. The lowest BCUT2D eigenvalue weighted by Gasteiger charge is -2.28. The summed E-state index contributed by atoms with van der Waals surface area (Å²) >= 11 is 0. The lowest BCUT2D eigenvalue weighted by atomic mass is 10.2. The molecule has 4 heteroatoms. The number of aryl methyl sites for hydroxylation is 1. The summed E-state index contributed by atoms with van der Waals surface area (Å²) in [5.74, 6) is 0.819. The van der Waals surface area contributed by atoms with Crippen molar-refractivity contribution >= 4 is 17.2 Å². The highest BCUT2D eigenvalue weighted by atomic mass is 15.9. The molecule has 1 aliphatic heterocycles. The molecule has 0 fully saturated rings. The average Bonchev–Trinajstić information content (AvgIpc) is 3.09. The van der Waals surface area contributed by atoms with Crippen LogP contribution in [0, 0.1) is 6.92 Å². The molecule has 0 aromatic heterocycles. The van der Waals surface area contributed by atoms with Gasteiger partial charge in [0.15, 0.2) is 5.84 Å². The van der Waals surface area contributed by atoms with Crippen molar-refractivity contribution < 1.29 is 0 Å². The molecule has 0 bridgehead atoms. The zero-order valence-electron chi connectivity index (χ0n) is 13.4. The molecule has 0 amide bonds. The summed E-state index contributed by atoms with van der Waals surface area (Å²) in [5.41, 5.74) is 7.70. The molecule has 0 aliphatic carbocycles. The number of rotatable bonds is 3. The molecular formula is C20H18N4. The SMILES string of the molecule is Cc1ccc(N2NC(c3ccccc3)=NN2c2ccccc2)cc1. The molecule has 1 aliphatic rings. The van der Waals surface area contributed by atoms with Crippen molar-refractivity contribution in [1.29, 1.82) is 0 Å². The van der Waals surface area contributed by atoms with Gasteiger partial charge in [0.05, 0.1) is 11.4 Å². The monoisotopic (exact) mass is 314 g/mol. The molecule has 118 valence electrons. The Kier molecular flexibility index (Phi) is 3.63. The number of hydrazine groups is 2. The van der Waals surface area contributed by atoms with Gasteiger partial charge in [-0.25, -0.2) is 0 Å². The largest absolute Gasteiger partial charge is 0.259 e. The van der Waals surface area contributed by atoms with Crippen LogP contribution < -0.4 is 15.7 Å². The van der Waals surface area contributed by atoms with Gasteiger partial charge >= 0.3 is 0 Å². The molecule has 24 heavy (non-hydrogen) atoms. The maximum Gasteiger partial charge on any atom is 0.176 e.